The average Bonchev–Trinajstić information content (AvgIpc) is 2.22. The molecule has 0 aromatic heterocycles. The Morgan fingerprint density at radius 2 is 2.06 bits per heavy atom. The minimum atomic E-state index is -1.17. The first kappa shape index (κ1) is 11.5. The van der Waals surface area contributed by atoms with Gasteiger partial charge in [-0.3, -0.25) is 9.59 Å². The number of primary amides is 1. The molecule has 0 aliphatic carbocycles. The number of nitrogens with two attached hydrogens (primary N) is 1. The summed E-state index contributed by atoms with van der Waals surface area (Å²) in [5.41, 5.74) is 6.68. The molecule has 7 heteroatoms. The Balaban J connectivity index is 2.73. The fraction of sp³-hybridized carbons (Fsp3) is 0. The molecule has 2 amide bonds. The van der Waals surface area contributed by atoms with Crippen molar-refractivity contribution in [2.24, 2.45) is 10.8 Å². The van der Waals surface area contributed by atoms with Crippen molar-refractivity contribution in [3.8, 4) is 11.5 Å². The van der Waals surface area contributed by atoms with Crippen LogP contribution < -0.4 is 11.2 Å². The molecule has 0 saturated heterocycles. The number of benzene rings is 1. The maximum Gasteiger partial charge on any atom is 0.329 e. The van der Waals surface area contributed by atoms with Gasteiger partial charge < -0.3 is 15.9 Å². The van der Waals surface area contributed by atoms with Crippen molar-refractivity contribution >= 4 is 18.0 Å². The van der Waals surface area contributed by atoms with Gasteiger partial charge in [0, 0.05) is 5.56 Å². The van der Waals surface area contributed by atoms with Crippen LogP contribution in [0, 0.1) is 0 Å². The van der Waals surface area contributed by atoms with E-state index < -0.39 is 11.8 Å². The molecule has 0 saturated carbocycles. The van der Waals surface area contributed by atoms with Gasteiger partial charge in [0.1, 0.15) is 11.5 Å². The van der Waals surface area contributed by atoms with Gasteiger partial charge in [-0.25, -0.2) is 5.43 Å². The smallest absolute Gasteiger partial charge is 0.329 e. The van der Waals surface area contributed by atoms with E-state index in [1.807, 2.05) is 5.43 Å². The van der Waals surface area contributed by atoms with E-state index in [4.69, 9.17) is 5.11 Å². The minimum absolute atomic E-state index is 0.0690. The molecule has 1 aromatic rings. The first-order chi connectivity index (χ1) is 7.50. The second-order valence-corrected chi connectivity index (χ2v) is 2.81. The van der Waals surface area contributed by atoms with Crippen molar-refractivity contribution in [2.75, 3.05) is 0 Å². The van der Waals surface area contributed by atoms with Gasteiger partial charge in [0.25, 0.3) is 0 Å². The molecule has 0 bridgehead atoms. The number of hydrogen-bond donors (Lipinski definition) is 4. The highest BCUT2D eigenvalue weighted by Gasteiger charge is 2.05. The molecular weight excluding hydrogens is 214 g/mol. The lowest BCUT2D eigenvalue weighted by Crippen LogP contribution is -2.32. The molecule has 0 aliphatic heterocycles. The highest BCUT2D eigenvalue weighted by atomic mass is 16.3. The number of nitrogens with zero attached hydrogens (tertiary/aromatic N) is 1. The van der Waals surface area contributed by atoms with Gasteiger partial charge in [0.2, 0.25) is 0 Å². The van der Waals surface area contributed by atoms with Gasteiger partial charge in [-0.05, 0) is 18.2 Å². The normalized spacial score (nSPS) is 10.2. The molecule has 1 rings (SSSR count). The molecule has 0 fully saturated rings. The van der Waals surface area contributed by atoms with E-state index in [1.54, 1.807) is 0 Å². The van der Waals surface area contributed by atoms with Crippen LogP contribution in [0.25, 0.3) is 0 Å². The summed E-state index contributed by atoms with van der Waals surface area (Å²) >= 11 is 0. The molecule has 0 aliphatic rings. The topological polar surface area (TPSA) is 125 Å². The zero-order chi connectivity index (χ0) is 12.1. The zero-order valence-electron chi connectivity index (χ0n) is 8.04. The molecule has 5 N–H and O–H groups in total. The number of hydrazone groups is 1. The number of nitrogens with one attached hydrogen (secondary N) is 1. The quantitative estimate of drug-likeness (QED) is 0.223. The van der Waals surface area contributed by atoms with Crippen molar-refractivity contribution in [1.29, 1.82) is 0 Å². The SMILES string of the molecule is NC(=O)C(=O)N/N=C/c1cc(O)ccc1O. The predicted octanol–water partition coefficient (Wildman–Crippen LogP) is -0.967. The molecule has 0 heterocycles. The molecule has 84 valence electrons. The summed E-state index contributed by atoms with van der Waals surface area (Å²) in [7, 11) is 0. The fourth-order valence-electron chi connectivity index (χ4n) is 0.861. The number of phenolic OH excluding ortho intramolecular Hbond substituents is 2. The van der Waals surface area contributed by atoms with E-state index >= 15 is 0 Å². The largest absolute Gasteiger partial charge is 0.508 e. The average molecular weight is 223 g/mol. The Kier molecular flexibility index (Phi) is 3.44. The van der Waals surface area contributed by atoms with E-state index in [-0.39, 0.29) is 17.1 Å². The number of hydrogen-bond acceptors (Lipinski definition) is 5. The lowest BCUT2D eigenvalue weighted by molar-refractivity contribution is -0.137. The van der Waals surface area contributed by atoms with E-state index in [2.05, 4.69) is 10.8 Å². The maximum atomic E-state index is 10.7. The van der Waals surface area contributed by atoms with E-state index in [1.165, 1.54) is 18.2 Å². The number of rotatable bonds is 2. The molecule has 0 spiro atoms. The number of phenols is 2. The van der Waals surface area contributed by atoms with Gasteiger partial charge in [-0.15, -0.1) is 0 Å². The molecule has 16 heavy (non-hydrogen) atoms. The lowest BCUT2D eigenvalue weighted by Gasteiger charge is -1.99. The summed E-state index contributed by atoms with van der Waals surface area (Å²) in [6.45, 7) is 0. The van der Waals surface area contributed by atoms with Crippen LogP contribution in [0.1, 0.15) is 5.56 Å². The van der Waals surface area contributed by atoms with Crippen LogP contribution in [-0.2, 0) is 9.59 Å². The second-order valence-electron chi connectivity index (χ2n) is 2.81. The van der Waals surface area contributed by atoms with Gasteiger partial charge in [0.05, 0.1) is 6.21 Å². The number of aromatic hydroxyl groups is 2. The van der Waals surface area contributed by atoms with E-state index in [0.717, 1.165) is 6.21 Å². The fourth-order valence-corrected chi connectivity index (χ4v) is 0.861. The highest BCUT2D eigenvalue weighted by molar-refractivity contribution is 6.34. The summed E-state index contributed by atoms with van der Waals surface area (Å²) < 4.78 is 0. The van der Waals surface area contributed by atoms with E-state index in [9.17, 15) is 14.7 Å². The molecular formula is C9H9N3O4. The summed E-state index contributed by atoms with van der Waals surface area (Å²) in [6.07, 6.45) is 1.07. The summed E-state index contributed by atoms with van der Waals surface area (Å²) in [6, 6.07) is 3.77. The number of carbonyl (C=O) groups is 2. The third-order valence-electron chi connectivity index (χ3n) is 1.60. The van der Waals surface area contributed by atoms with Crippen LogP contribution in [0.5, 0.6) is 11.5 Å². The Bertz CT molecular complexity index is 456. The Morgan fingerprint density at radius 3 is 2.69 bits per heavy atom. The van der Waals surface area contributed by atoms with Crippen molar-refractivity contribution in [1.82, 2.24) is 5.43 Å². The second kappa shape index (κ2) is 4.78. The third-order valence-corrected chi connectivity index (χ3v) is 1.60. The highest BCUT2D eigenvalue weighted by Crippen LogP contribution is 2.19. The van der Waals surface area contributed by atoms with Crippen LogP contribution >= 0.6 is 0 Å². The molecule has 0 radical (unpaired) electrons. The van der Waals surface area contributed by atoms with Gasteiger partial charge in [-0.1, -0.05) is 0 Å². The van der Waals surface area contributed by atoms with Crippen LogP contribution in [0.4, 0.5) is 0 Å². The van der Waals surface area contributed by atoms with Crippen molar-refractivity contribution in [2.45, 2.75) is 0 Å². The van der Waals surface area contributed by atoms with Gasteiger partial charge in [-0.2, -0.15) is 5.10 Å². The molecule has 7 nitrogen and oxygen atoms in total. The Morgan fingerprint density at radius 1 is 1.38 bits per heavy atom. The Hall–Kier alpha value is -2.57. The molecule has 0 unspecified atom stereocenters. The van der Waals surface area contributed by atoms with E-state index in [0.29, 0.717) is 0 Å². The maximum absolute atomic E-state index is 10.7. The van der Waals surface area contributed by atoms with Crippen molar-refractivity contribution in [3.63, 3.8) is 0 Å². The standard InChI is InChI=1S/C9H9N3O4/c10-8(15)9(16)12-11-4-5-3-6(13)1-2-7(5)14/h1-4,13-14H,(H2,10,15)(H,12,16)/b11-4+. The van der Waals surface area contributed by atoms with Crippen molar-refractivity contribution < 1.29 is 19.8 Å². The van der Waals surface area contributed by atoms with Crippen LogP contribution in [0.15, 0.2) is 23.3 Å². The summed E-state index contributed by atoms with van der Waals surface area (Å²) in [5.74, 6) is -2.44. The summed E-state index contributed by atoms with van der Waals surface area (Å²) in [4.78, 5) is 21.0. The first-order valence-corrected chi connectivity index (χ1v) is 4.15. The molecule has 1 aromatic carbocycles. The first-order valence-electron chi connectivity index (χ1n) is 4.15. The zero-order valence-corrected chi connectivity index (χ0v) is 8.04. The van der Waals surface area contributed by atoms with Crippen LogP contribution in [0.3, 0.4) is 0 Å². The number of carbonyl (C=O) groups excluding carboxylic acids is 2. The molecule has 0 atom stereocenters. The minimum Gasteiger partial charge on any atom is -0.508 e. The third kappa shape index (κ3) is 2.98. The van der Waals surface area contributed by atoms with Crippen LogP contribution in [-0.4, -0.2) is 28.2 Å². The Labute approximate surface area is 90.2 Å². The van der Waals surface area contributed by atoms with Crippen molar-refractivity contribution in [3.05, 3.63) is 23.8 Å². The summed E-state index contributed by atoms with van der Waals surface area (Å²) in [5, 5.41) is 21.8. The lowest BCUT2D eigenvalue weighted by atomic mass is 10.2. The van der Waals surface area contributed by atoms with Gasteiger partial charge >= 0.3 is 11.8 Å². The number of amides is 2. The van der Waals surface area contributed by atoms with Gasteiger partial charge in [0.15, 0.2) is 0 Å². The monoisotopic (exact) mass is 223 g/mol. The van der Waals surface area contributed by atoms with Crippen LogP contribution in [0.2, 0.25) is 0 Å². The predicted molar refractivity (Wildman–Crippen MR) is 54.7 cm³/mol.